The molecule has 0 saturated carbocycles. The summed E-state index contributed by atoms with van der Waals surface area (Å²) in [5.74, 6) is 0.663. The predicted molar refractivity (Wildman–Crippen MR) is 92.1 cm³/mol. The molecule has 23 heavy (non-hydrogen) atoms. The zero-order valence-electron chi connectivity index (χ0n) is 13.4. The van der Waals surface area contributed by atoms with Crippen molar-refractivity contribution in [2.24, 2.45) is 0 Å². The van der Waals surface area contributed by atoms with Gasteiger partial charge in [0.25, 0.3) is 5.91 Å². The van der Waals surface area contributed by atoms with Crippen LogP contribution in [0.3, 0.4) is 0 Å². The Kier molecular flexibility index (Phi) is 4.81. The third kappa shape index (κ3) is 3.83. The Labute approximate surface area is 137 Å². The van der Waals surface area contributed by atoms with E-state index < -0.39 is 0 Å². The highest BCUT2D eigenvalue weighted by Crippen LogP contribution is 2.20. The maximum atomic E-state index is 12.4. The fourth-order valence-corrected chi connectivity index (χ4v) is 3.00. The summed E-state index contributed by atoms with van der Waals surface area (Å²) >= 11 is 0. The number of para-hydroxylation sites is 1. The van der Waals surface area contributed by atoms with E-state index in [2.05, 4.69) is 22.3 Å². The van der Waals surface area contributed by atoms with Crippen LogP contribution >= 0.6 is 0 Å². The molecule has 1 fully saturated rings. The molecule has 1 atom stereocenters. The molecule has 0 radical (unpaired) electrons. The topological polar surface area (TPSA) is 41.6 Å². The van der Waals surface area contributed by atoms with Gasteiger partial charge in [-0.05, 0) is 43.2 Å². The minimum absolute atomic E-state index is 0.0381. The predicted octanol–water partition coefficient (Wildman–Crippen LogP) is 3.09. The number of carbonyl (C=O) groups is 1. The van der Waals surface area contributed by atoms with Crippen LogP contribution in [0.2, 0.25) is 0 Å². The Bertz CT molecular complexity index is 657. The summed E-state index contributed by atoms with van der Waals surface area (Å²) in [5.41, 5.74) is 1.86. The van der Waals surface area contributed by atoms with Crippen LogP contribution in [0.25, 0.3) is 0 Å². The lowest BCUT2D eigenvalue weighted by Crippen LogP contribution is -2.47. The lowest BCUT2D eigenvalue weighted by Gasteiger charge is -2.34. The quantitative estimate of drug-likeness (QED) is 0.943. The number of hydrogen-bond acceptors (Lipinski definition) is 3. The molecule has 2 aromatic carbocycles. The van der Waals surface area contributed by atoms with E-state index in [-0.39, 0.29) is 11.9 Å². The maximum Gasteiger partial charge on any atom is 0.251 e. The summed E-state index contributed by atoms with van der Waals surface area (Å²) < 4.78 is 5.18. The van der Waals surface area contributed by atoms with E-state index in [1.807, 2.05) is 36.4 Å². The van der Waals surface area contributed by atoms with E-state index >= 15 is 0 Å². The Morgan fingerprint density at radius 3 is 2.78 bits per heavy atom. The smallest absolute Gasteiger partial charge is 0.251 e. The van der Waals surface area contributed by atoms with Crippen molar-refractivity contribution in [3.63, 3.8) is 0 Å². The van der Waals surface area contributed by atoms with Crippen molar-refractivity contribution >= 4 is 11.6 Å². The van der Waals surface area contributed by atoms with Gasteiger partial charge in [0.1, 0.15) is 5.75 Å². The molecule has 1 heterocycles. The molecular weight excluding hydrogens is 288 g/mol. The summed E-state index contributed by atoms with van der Waals surface area (Å²) in [6.45, 7) is 1.88. The van der Waals surface area contributed by atoms with E-state index in [9.17, 15) is 4.79 Å². The van der Waals surface area contributed by atoms with E-state index in [1.54, 1.807) is 13.2 Å². The van der Waals surface area contributed by atoms with Gasteiger partial charge in [0.05, 0.1) is 7.11 Å². The van der Waals surface area contributed by atoms with Gasteiger partial charge in [0, 0.05) is 30.4 Å². The highest BCUT2D eigenvalue weighted by molar-refractivity contribution is 5.94. The standard InChI is InChI=1S/C19H22N2O2/c1-23-18-11-5-7-15(13-18)19(22)20-16-8-6-12-21(14-16)17-9-3-2-4-10-17/h2-5,7,9-11,13,16H,6,8,12,14H2,1H3,(H,20,22)/t16-/m0/s1. The normalized spacial score (nSPS) is 17.6. The summed E-state index contributed by atoms with van der Waals surface area (Å²) in [6.07, 6.45) is 2.09. The number of methoxy groups -OCH3 is 1. The van der Waals surface area contributed by atoms with Crippen LogP contribution < -0.4 is 15.0 Å². The molecule has 3 rings (SSSR count). The van der Waals surface area contributed by atoms with Crippen molar-refractivity contribution in [1.82, 2.24) is 5.32 Å². The zero-order chi connectivity index (χ0) is 16.1. The number of ether oxygens (including phenoxy) is 1. The summed E-state index contributed by atoms with van der Waals surface area (Å²) in [5, 5.41) is 3.15. The second-order valence-corrected chi connectivity index (χ2v) is 5.83. The number of hydrogen-bond donors (Lipinski definition) is 1. The molecule has 120 valence electrons. The van der Waals surface area contributed by atoms with Crippen molar-refractivity contribution in [2.75, 3.05) is 25.1 Å². The summed E-state index contributed by atoms with van der Waals surface area (Å²) in [4.78, 5) is 14.8. The first-order chi connectivity index (χ1) is 11.3. The second-order valence-electron chi connectivity index (χ2n) is 5.83. The van der Waals surface area contributed by atoms with Crippen molar-refractivity contribution in [1.29, 1.82) is 0 Å². The van der Waals surface area contributed by atoms with E-state index in [1.165, 1.54) is 5.69 Å². The average Bonchev–Trinajstić information content (AvgIpc) is 2.63. The molecule has 0 unspecified atom stereocenters. The van der Waals surface area contributed by atoms with Gasteiger partial charge in [0.2, 0.25) is 0 Å². The molecule has 4 nitrogen and oxygen atoms in total. The molecule has 2 aromatic rings. The summed E-state index contributed by atoms with van der Waals surface area (Å²) in [6, 6.07) is 17.8. The average molecular weight is 310 g/mol. The third-order valence-corrected chi connectivity index (χ3v) is 4.21. The number of nitrogens with zero attached hydrogens (tertiary/aromatic N) is 1. The zero-order valence-corrected chi connectivity index (χ0v) is 13.4. The molecule has 1 amide bonds. The number of rotatable bonds is 4. The van der Waals surface area contributed by atoms with Gasteiger partial charge in [-0.15, -0.1) is 0 Å². The Morgan fingerprint density at radius 2 is 2.00 bits per heavy atom. The van der Waals surface area contributed by atoms with Gasteiger partial charge < -0.3 is 15.0 Å². The molecule has 1 N–H and O–H groups in total. The van der Waals surface area contributed by atoms with Crippen molar-refractivity contribution in [2.45, 2.75) is 18.9 Å². The number of carbonyl (C=O) groups excluding carboxylic acids is 1. The number of amides is 1. The Hall–Kier alpha value is -2.49. The monoisotopic (exact) mass is 310 g/mol. The molecule has 0 aromatic heterocycles. The largest absolute Gasteiger partial charge is 0.497 e. The Morgan fingerprint density at radius 1 is 1.17 bits per heavy atom. The lowest BCUT2D eigenvalue weighted by molar-refractivity contribution is 0.0933. The lowest BCUT2D eigenvalue weighted by atomic mass is 10.0. The molecule has 0 spiro atoms. The molecule has 4 heteroatoms. The number of nitrogens with one attached hydrogen (secondary N) is 1. The number of piperidine rings is 1. The third-order valence-electron chi connectivity index (χ3n) is 4.21. The minimum atomic E-state index is -0.0381. The van der Waals surface area contributed by atoms with Gasteiger partial charge in [-0.1, -0.05) is 24.3 Å². The Balaban J connectivity index is 1.64. The first-order valence-corrected chi connectivity index (χ1v) is 8.01. The first-order valence-electron chi connectivity index (χ1n) is 8.01. The van der Waals surface area contributed by atoms with E-state index in [0.29, 0.717) is 11.3 Å². The van der Waals surface area contributed by atoms with Gasteiger partial charge in [-0.2, -0.15) is 0 Å². The van der Waals surface area contributed by atoms with Crippen LogP contribution in [-0.4, -0.2) is 32.1 Å². The van der Waals surface area contributed by atoms with Gasteiger partial charge in [0.15, 0.2) is 0 Å². The van der Waals surface area contributed by atoms with Crippen LogP contribution in [0.5, 0.6) is 5.75 Å². The fraction of sp³-hybridized carbons (Fsp3) is 0.316. The van der Waals surface area contributed by atoms with E-state index in [0.717, 1.165) is 25.9 Å². The minimum Gasteiger partial charge on any atom is -0.497 e. The van der Waals surface area contributed by atoms with E-state index in [4.69, 9.17) is 4.74 Å². The van der Waals surface area contributed by atoms with Gasteiger partial charge in [-0.3, -0.25) is 4.79 Å². The van der Waals surface area contributed by atoms with Crippen molar-refractivity contribution in [3.05, 3.63) is 60.2 Å². The fourth-order valence-electron chi connectivity index (χ4n) is 3.00. The molecule has 1 aliphatic heterocycles. The molecule has 0 bridgehead atoms. The number of benzene rings is 2. The van der Waals surface area contributed by atoms with Crippen LogP contribution in [0, 0.1) is 0 Å². The van der Waals surface area contributed by atoms with Crippen LogP contribution in [0.15, 0.2) is 54.6 Å². The summed E-state index contributed by atoms with van der Waals surface area (Å²) in [7, 11) is 1.61. The van der Waals surface area contributed by atoms with Crippen LogP contribution in [0.1, 0.15) is 23.2 Å². The van der Waals surface area contributed by atoms with Gasteiger partial charge >= 0.3 is 0 Å². The molecular formula is C19H22N2O2. The van der Waals surface area contributed by atoms with Crippen LogP contribution in [-0.2, 0) is 0 Å². The molecule has 1 saturated heterocycles. The number of anilines is 1. The van der Waals surface area contributed by atoms with Crippen molar-refractivity contribution in [3.8, 4) is 5.75 Å². The van der Waals surface area contributed by atoms with Crippen molar-refractivity contribution < 1.29 is 9.53 Å². The highest BCUT2D eigenvalue weighted by Gasteiger charge is 2.22. The first kappa shape index (κ1) is 15.4. The molecule has 0 aliphatic carbocycles. The SMILES string of the molecule is COc1cccc(C(=O)N[C@H]2CCCN(c3ccccc3)C2)c1. The maximum absolute atomic E-state index is 12.4. The van der Waals surface area contributed by atoms with Gasteiger partial charge in [-0.25, -0.2) is 0 Å². The van der Waals surface area contributed by atoms with Crippen LogP contribution in [0.4, 0.5) is 5.69 Å². The second kappa shape index (κ2) is 7.18. The molecule has 1 aliphatic rings. The highest BCUT2D eigenvalue weighted by atomic mass is 16.5.